The van der Waals surface area contributed by atoms with E-state index in [0.717, 1.165) is 55.5 Å². The summed E-state index contributed by atoms with van der Waals surface area (Å²) in [7, 11) is 0. The third-order valence-electron chi connectivity index (χ3n) is 5.18. The molecule has 0 spiro atoms. The molecule has 5 nitrogen and oxygen atoms in total. The van der Waals surface area contributed by atoms with Gasteiger partial charge >= 0.3 is 0 Å². The lowest BCUT2D eigenvalue weighted by atomic mass is 9.93. The van der Waals surface area contributed by atoms with Crippen molar-refractivity contribution >= 4 is 27.5 Å². The molecular formula is C19H28BrN3O2. The van der Waals surface area contributed by atoms with Gasteiger partial charge in [-0.1, -0.05) is 12.1 Å². The van der Waals surface area contributed by atoms with Gasteiger partial charge in [0.2, 0.25) is 5.91 Å². The van der Waals surface area contributed by atoms with Crippen LogP contribution in [0.4, 0.5) is 5.69 Å². The lowest BCUT2D eigenvalue weighted by molar-refractivity contribution is -0.117. The Balaban J connectivity index is 1.34. The number of para-hydroxylation sites is 1. The summed E-state index contributed by atoms with van der Waals surface area (Å²) in [5.41, 5.74) is 0.841. The Kier molecular flexibility index (Phi) is 7.28. The molecule has 1 amide bonds. The molecule has 2 saturated heterocycles. The molecule has 1 aromatic carbocycles. The SMILES string of the molecule is O=C(CN1CCC(CCN2CCOCC2)CC1)Nc1ccccc1Br. The van der Waals surface area contributed by atoms with Gasteiger partial charge in [-0.3, -0.25) is 14.6 Å². The van der Waals surface area contributed by atoms with Crippen molar-refractivity contribution in [1.82, 2.24) is 9.80 Å². The van der Waals surface area contributed by atoms with E-state index in [1.807, 2.05) is 24.3 Å². The molecule has 6 heteroatoms. The number of amides is 1. The molecule has 2 heterocycles. The van der Waals surface area contributed by atoms with Gasteiger partial charge in [0.1, 0.15) is 0 Å². The quantitative estimate of drug-likeness (QED) is 0.784. The van der Waals surface area contributed by atoms with Gasteiger partial charge in [-0.2, -0.15) is 0 Å². The van der Waals surface area contributed by atoms with Crippen LogP contribution in [0.25, 0.3) is 0 Å². The Morgan fingerprint density at radius 1 is 1.12 bits per heavy atom. The molecule has 1 aromatic rings. The molecule has 138 valence electrons. The summed E-state index contributed by atoms with van der Waals surface area (Å²) in [6.45, 7) is 7.64. The molecule has 3 rings (SSSR count). The van der Waals surface area contributed by atoms with Crippen LogP contribution in [0.2, 0.25) is 0 Å². The van der Waals surface area contributed by atoms with Crippen LogP contribution in [-0.4, -0.2) is 68.2 Å². The van der Waals surface area contributed by atoms with Crippen LogP contribution < -0.4 is 5.32 Å². The van der Waals surface area contributed by atoms with Crippen LogP contribution in [0.1, 0.15) is 19.3 Å². The van der Waals surface area contributed by atoms with Crippen molar-refractivity contribution in [3.63, 3.8) is 0 Å². The summed E-state index contributed by atoms with van der Waals surface area (Å²) in [4.78, 5) is 17.0. The van der Waals surface area contributed by atoms with Crippen LogP contribution in [-0.2, 0) is 9.53 Å². The number of hydrogen-bond acceptors (Lipinski definition) is 4. The first kappa shape index (κ1) is 18.8. The highest BCUT2D eigenvalue weighted by molar-refractivity contribution is 9.10. The summed E-state index contributed by atoms with van der Waals surface area (Å²) in [5, 5.41) is 2.99. The summed E-state index contributed by atoms with van der Waals surface area (Å²) < 4.78 is 6.32. The maximum absolute atomic E-state index is 12.3. The highest BCUT2D eigenvalue weighted by Crippen LogP contribution is 2.23. The second kappa shape index (κ2) is 9.67. The van der Waals surface area contributed by atoms with Gasteiger partial charge in [0.05, 0.1) is 25.4 Å². The normalized spacial score (nSPS) is 20.5. The highest BCUT2D eigenvalue weighted by Gasteiger charge is 2.22. The Morgan fingerprint density at radius 2 is 1.84 bits per heavy atom. The average Bonchev–Trinajstić information content (AvgIpc) is 2.64. The smallest absolute Gasteiger partial charge is 0.238 e. The molecule has 2 aliphatic heterocycles. The largest absolute Gasteiger partial charge is 0.379 e. The molecule has 0 bridgehead atoms. The molecule has 0 aromatic heterocycles. The zero-order chi connectivity index (χ0) is 17.5. The van der Waals surface area contributed by atoms with Gasteiger partial charge in [-0.05, 0) is 72.9 Å². The zero-order valence-corrected chi connectivity index (χ0v) is 16.3. The average molecular weight is 410 g/mol. The standard InChI is InChI=1S/C19H28BrN3O2/c20-17-3-1-2-4-18(17)21-19(24)15-23-9-6-16(7-10-23)5-8-22-11-13-25-14-12-22/h1-4,16H,5-15H2,(H,21,24). The van der Waals surface area contributed by atoms with Crippen LogP contribution in [0, 0.1) is 5.92 Å². The predicted octanol–water partition coefficient (Wildman–Crippen LogP) is 2.82. The van der Waals surface area contributed by atoms with Crippen molar-refractivity contribution in [2.24, 2.45) is 5.92 Å². The number of benzene rings is 1. The Hall–Kier alpha value is -0.950. The minimum Gasteiger partial charge on any atom is -0.379 e. The fourth-order valence-corrected chi connectivity index (χ4v) is 3.96. The lowest BCUT2D eigenvalue weighted by Crippen LogP contribution is -2.41. The molecule has 0 saturated carbocycles. The first-order valence-corrected chi connectivity index (χ1v) is 10.1. The maximum Gasteiger partial charge on any atom is 0.238 e. The van der Waals surface area contributed by atoms with E-state index in [4.69, 9.17) is 4.74 Å². The molecular weight excluding hydrogens is 382 g/mol. The lowest BCUT2D eigenvalue weighted by Gasteiger charge is -2.33. The van der Waals surface area contributed by atoms with Crippen molar-refractivity contribution < 1.29 is 9.53 Å². The van der Waals surface area contributed by atoms with E-state index >= 15 is 0 Å². The monoisotopic (exact) mass is 409 g/mol. The van der Waals surface area contributed by atoms with Crippen LogP contribution in [0.5, 0.6) is 0 Å². The van der Waals surface area contributed by atoms with Gasteiger partial charge < -0.3 is 10.1 Å². The molecule has 2 fully saturated rings. The number of rotatable bonds is 6. The first-order chi connectivity index (χ1) is 12.2. The van der Waals surface area contributed by atoms with Crippen LogP contribution in [0.15, 0.2) is 28.7 Å². The predicted molar refractivity (Wildman–Crippen MR) is 104 cm³/mol. The summed E-state index contributed by atoms with van der Waals surface area (Å²) >= 11 is 3.47. The number of anilines is 1. The number of nitrogens with one attached hydrogen (secondary N) is 1. The van der Waals surface area contributed by atoms with E-state index in [1.165, 1.54) is 25.8 Å². The molecule has 1 N–H and O–H groups in total. The second-order valence-corrected chi connectivity index (χ2v) is 7.84. The van der Waals surface area contributed by atoms with Gasteiger partial charge in [0.25, 0.3) is 0 Å². The van der Waals surface area contributed by atoms with Gasteiger partial charge in [-0.25, -0.2) is 0 Å². The third-order valence-corrected chi connectivity index (χ3v) is 5.87. The topological polar surface area (TPSA) is 44.8 Å². The summed E-state index contributed by atoms with van der Waals surface area (Å²) in [6.07, 6.45) is 3.68. The number of carbonyl (C=O) groups excluding carboxylic acids is 1. The van der Waals surface area contributed by atoms with E-state index in [-0.39, 0.29) is 5.91 Å². The second-order valence-electron chi connectivity index (χ2n) is 6.99. The number of likely N-dealkylation sites (tertiary alicyclic amines) is 1. The Bertz CT molecular complexity index is 555. The van der Waals surface area contributed by atoms with E-state index in [2.05, 4.69) is 31.0 Å². The van der Waals surface area contributed by atoms with E-state index in [0.29, 0.717) is 6.54 Å². The molecule has 25 heavy (non-hydrogen) atoms. The first-order valence-electron chi connectivity index (χ1n) is 9.27. The summed E-state index contributed by atoms with van der Waals surface area (Å²) in [5.74, 6) is 0.865. The number of nitrogens with zero attached hydrogens (tertiary/aromatic N) is 2. The van der Waals surface area contributed by atoms with Crippen molar-refractivity contribution in [1.29, 1.82) is 0 Å². The van der Waals surface area contributed by atoms with Crippen LogP contribution >= 0.6 is 15.9 Å². The minimum atomic E-state index is 0.0682. The van der Waals surface area contributed by atoms with E-state index in [1.54, 1.807) is 0 Å². The van der Waals surface area contributed by atoms with E-state index in [9.17, 15) is 4.79 Å². The number of morpholine rings is 1. The Labute approximate surface area is 158 Å². The molecule has 2 aliphatic rings. The number of carbonyl (C=O) groups is 1. The third kappa shape index (κ3) is 6.06. The fraction of sp³-hybridized carbons (Fsp3) is 0.632. The number of hydrogen-bond donors (Lipinski definition) is 1. The zero-order valence-electron chi connectivity index (χ0n) is 14.8. The minimum absolute atomic E-state index is 0.0682. The number of ether oxygens (including phenoxy) is 1. The fourth-order valence-electron chi connectivity index (χ4n) is 3.58. The van der Waals surface area contributed by atoms with E-state index < -0.39 is 0 Å². The number of halogens is 1. The van der Waals surface area contributed by atoms with Gasteiger partial charge in [-0.15, -0.1) is 0 Å². The van der Waals surface area contributed by atoms with Gasteiger partial charge in [0, 0.05) is 17.6 Å². The van der Waals surface area contributed by atoms with Crippen molar-refractivity contribution in [2.75, 3.05) is 57.8 Å². The molecule has 0 radical (unpaired) electrons. The molecule has 0 atom stereocenters. The number of piperidine rings is 1. The molecule has 0 unspecified atom stereocenters. The summed E-state index contributed by atoms with van der Waals surface area (Å²) in [6, 6.07) is 7.73. The Morgan fingerprint density at radius 3 is 2.56 bits per heavy atom. The van der Waals surface area contributed by atoms with Crippen molar-refractivity contribution in [2.45, 2.75) is 19.3 Å². The maximum atomic E-state index is 12.3. The van der Waals surface area contributed by atoms with Crippen LogP contribution in [0.3, 0.4) is 0 Å². The van der Waals surface area contributed by atoms with Crippen molar-refractivity contribution in [3.05, 3.63) is 28.7 Å². The molecule has 0 aliphatic carbocycles. The highest BCUT2D eigenvalue weighted by atomic mass is 79.9. The van der Waals surface area contributed by atoms with Crippen molar-refractivity contribution in [3.8, 4) is 0 Å². The van der Waals surface area contributed by atoms with Gasteiger partial charge in [0.15, 0.2) is 0 Å².